The zero-order chi connectivity index (χ0) is 14.9. The lowest BCUT2D eigenvalue weighted by atomic mass is 10.0. The van der Waals surface area contributed by atoms with Gasteiger partial charge in [-0.1, -0.05) is 11.6 Å². The van der Waals surface area contributed by atoms with Crippen LogP contribution in [0.3, 0.4) is 0 Å². The molecule has 5 nitrogen and oxygen atoms in total. The molecule has 0 aromatic heterocycles. The van der Waals surface area contributed by atoms with E-state index in [2.05, 4.69) is 5.32 Å². The van der Waals surface area contributed by atoms with Crippen LogP contribution in [0, 0.1) is 17.6 Å². The SMILES string of the molecule is O=C(NC1COCC1C(=O)O)c1cc(F)c(Cl)cc1F. The Morgan fingerprint density at radius 3 is 2.65 bits per heavy atom. The maximum Gasteiger partial charge on any atom is 0.311 e. The minimum Gasteiger partial charge on any atom is -0.481 e. The molecule has 0 spiro atoms. The molecule has 1 heterocycles. The minimum absolute atomic E-state index is 0.000394. The monoisotopic (exact) mass is 305 g/mol. The first kappa shape index (κ1) is 14.7. The Bertz CT molecular complexity index is 567. The summed E-state index contributed by atoms with van der Waals surface area (Å²) in [5.74, 6) is -4.88. The van der Waals surface area contributed by atoms with Gasteiger partial charge in [-0.15, -0.1) is 0 Å². The number of aliphatic carboxylic acids is 1. The van der Waals surface area contributed by atoms with Crippen LogP contribution < -0.4 is 5.32 Å². The number of carbonyl (C=O) groups is 2. The summed E-state index contributed by atoms with van der Waals surface area (Å²) in [5, 5.41) is 10.8. The molecule has 2 N–H and O–H groups in total. The van der Waals surface area contributed by atoms with E-state index in [-0.39, 0.29) is 13.2 Å². The van der Waals surface area contributed by atoms with Crippen molar-refractivity contribution in [3.05, 3.63) is 34.4 Å². The fourth-order valence-electron chi connectivity index (χ4n) is 1.88. The Hall–Kier alpha value is -1.73. The first-order chi connectivity index (χ1) is 9.40. The van der Waals surface area contributed by atoms with E-state index in [9.17, 15) is 18.4 Å². The highest BCUT2D eigenvalue weighted by molar-refractivity contribution is 6.30. The number of carboxylic acid groups (broad SMARTS) is 1. The van der Waals surface area contributed by atoms with E-state index < -0.39 is 46.1 Å². The number of carboxylic acids is 1. The van der Waals surface area contributed by atoms with Crippen molar-refractivity contribution in [3.63, 3.8) is 0 Å². The fourth-order valence-corrected chi connectivity index (χ4v) is 2.03. The topological polar surface area (TPSA) is 75.6 Å². The van der Waals surface area contributed by atoms with Crippen LogP contribution in [0.2, 0.25) is 5.02 Å². The highest BCUT2D eigenvalue weighted by Crippen LogP contribution is 2.20. The van der Waals surface area contributed by atoms with Crippen LogP contribution in [-0.2, 0) is 9.53 Å². The Kier molecular flexibility index (Phi) is 4.20. The van der Waals surface area contributed by atoms with Gasteiger partial charge in [0.05, 0.1) is 29.8 Å². The van der Waals surface area contributed by atoms with E-state index in [4.69, 9.17) is 21.4 Å². The molecule has 1 aliphatic rings. The Balaban J connectivity index is 2.16. The summed E-state index contributed by atoms with van der Waals surface area (Å²) in [5.41, 5.74) is -0.539. The lowest BCUT2D eigenvalue weighted by Crippen LogP contribution is -2.43. The summed E-state index contributed by atoms with van der Waals surface area (Å²) < 4.78 is 31.7. The van der Waals surface area contributed by atoms with Crippen LogP contribution in [0.25, 0.3) is 0 Å². The third kappa shape index (κ3) is 2.88. The number of nitrogens with one attached hydrogen (secondary N) is 1. The van der Waals surface area contributed by atoms with E-state index in [1.807, 2.05) is 0 Å². The van der Waals surface area contributed by atoms with Crippen LogP contribution in [0.4, 0.5) is 8.78 Å². The van der Waals surface area contributed by atoms with Crippen LogP contribution in [0.15, 0.2) is 12.1 Å². The molecule has 1 aromatic carbocycles. The molecule has 1 aromatic rings. The molecule has 2 unspecified atom stereocenters. The normalized spacial score (nSPS) is 21.8. The van der Waals surface area contributed by atoms with Crippen molar-refractivity contribution in [2.75, 3.05) is 13.2 Å². The lowest BCUT2D eigenvalue weighted by molar-refractivity contribution is -0.142. The average Bonchev–Trinajstić information content (AvgIpc) is 2.81. The van der Waals surface area contributed by atoms with E-state index in [1.54, 1.807) is 0 Å². The van der Waals surface area contributed by atoms with Crippen LogP contribution in [0.5, 0.6) is 0 Å². The molecule has 2 atom stereocenters. The predicted octanol–water partition coefficient (Wildman–Crippen LogP) is 1.45. The number of benzene rings is 1. The lowest BCUT2D eigenvalue weighted by Gasteiger charge is -2.16. The van der Waals surface area contributed by atoms with Crippen molar-refractivity contribution in [2.24, 2.45) is 5.92 Å². The smallest absolute Gasteiger partial charge is 0.311 e. The van der Waals surface area contributed by atoms with Gasteiger partial charge in [0.2, 0.25) is 0 Å². The summed E-state index contributed by atoms with van der Waals surface area (Å²) in [6.07, 6.45) is 0. The second kappa shape index (κ2) is 5.72. The number of rotatable bonds is 3. The Labute approximate surface area is 117 Å². The highest BCUT2D eigenvalue weighted by Gasteiger charge is 2.35. The number of carbonyl (C=O) groups excluding carboxylic acids is 1. The first-order valence-corrected chi connectivity index (χ1v) is 6.04. The molecular formula is C12H10ClF2NO4. The molecule has 0 radical (unpaired) electrons. The maximum atomic E-state index is 13.6. The van der Waals surface area contributed by atoms with Gasteiger partial charge < -0.3 is 15.2 Å². The van der Waals surface area contributed by atoms with Crippen molar-refractivity contribution in [1.82, 2.24) is 5.32 Å². The number of hydrogen-bond acceptors (Lipinski definition) is 3. The number of ether oxygens (including phenoxy) is 1. The van der Waals surface area contributed by atoms with Gasteiger partial charge in [-0.25, -0.2) is 8.78 Å². The molecular weight excluding hydrogens is 296 g/mol. The molecule has 0 aliphatic carbocycles. The molecule has 1 amide bonds. The standard InChI is InChI=1S/C12H10ClF2NO4/c13-7-2-8(14)5(1-9(7)15)11(17)16-10-4-20-3-6(10)12(18)19/h1-2,6,10H,3-4H2,(H,16,17)(H,18,19). The third-order valence-corrected chi connectivity index (χ3v) is 3.26. The van der Waals surface area contributed by atoms with Gasteiger partial charge in [0.1, 0.15) is 17.6 Å². The Morgan fingerprint density at radius 2 is 2.00 bits per heavy atom. The molecule has 0 bridgehead atoms. The second-order valence-corrected chi connectivity index (χ2v) is 4.72. The quantitative estimate of drug-likeness (QED) is 0.829. The first-order valence-electron chi connectivity index (χ1n) is 5.66. The minimum atomic E-state index is -1.13. The summed E-state index contributed by atoms with van der Waals surface area (Å²) in [6.45, 7) is -0.0435. The average molecular weight is 306 g/mol. The molecule has 20 heavy (non-hydrogen) atoms. The molecule has 0 saturated carbocycles. The van der Waals surface area contributed by atoms with Gasteiger partial charge in [0.25, 0.3) is 5.91 Å². The van der Waals surface area contributed by atoms with E-state index in [0.717, 1.165) is 0 Å². The van der Waals surface area contributed by atoms with E-state index >= 15 is 0 Å². The fraction of sp³-hybridized carbons (Fsp3) is 0.333. The van der Waals surface area contributed by atoms with Gasteiger partial charge in [-0.2, -0.15) is 0 Å². The Morgan fingerprint density at radius 1 is 1.30 bits per heavy atom. The van der Waals surface area contributed by atoms with E-state index in [0.29, 0.717) is 12.1 Å². The molecule has 1 saturated heterocycles. The molecule has 1 aliphatic heterocycles. The van der Waals surface area contributed by atoms with Crippen molar-refractivity contribution in [3.8, 4) is 0 Å². The number of halogens is 3. The van der Waals surface area contributed by atoms with Crippen LogP contribution in [-0.4, -0.2) is 36.2 Å². The summed E-state index contributed by atoms with van der Waals surface area (Å²) >= 11 is 5.38. The third-order valence-electron chi connectivity index (χ3n) is 2.97. The second-order valence-electron chi connectivity index (χ2n) is 4.31. The van der Waals surface area contributed by atoms with E-state index in [1.165, 1.54) is 0 Å². The van der Waals surface area contributed by atoms with Crippen molar-refractivity contribution in [2.45, 2.75) is 6.04 Å². The van der Waals surface area contributed by atoms with Crippen molar-refractivity contribution in [1.29, 1.82) is 0 Å². The summed E-state index contributed by atoms with van der Waals surface area (Å²) in [6, 6.07) is 0.558. The largest absolute Gasteiger partial charge is 0.481 e. The van der Waals surface area contributed by atoms with Gasteiger partial charge in [-0.05, 0) is 12.1 Å². The number of hydrogen-bond donors (Lipinski definition) is 2. The molecule has 108 valence electrons. The summed E-state index contributed by atoms with van der Waals surface area (Å²) in [7, 11) is 0. The van der Waals surface area contributed by atoms with Crippen LogP contribution in [0.1, 0.15) is 10.4 Å². The predicted molar refractivity (Wildman–Crippen MR) is 64.6 cm³/mol. The zero-order valence-corrected chi connectivity index (χ0v) is 10.8. The van der Waals surface area contributed by atoms with Crippen molar-refractivity contribution >= 4 is 23.5 Å². The van der Waals surface area contributed by atoms with Crippen molar-refractivity contribution < 1.29 is 28.2 Å². The van der Waals surface area contributed by atoms with Gasteiger partial charge in [0, 0.05) is 0 Å². The molecule has 8 heteroatoms. The zero-order valence-electron chi connectivity index (χ0n) is 10.0. The molecule has 1 fully saturated rings. The maximum absolute atomic E-state index is 13.6. The highest BCUT2D eigenvalue weighted by atomic mass is 35.5. The van der Waals surface area contributed by atoms with Gasteiger partial charge >= 0.3 is 5.97 Å². The van der Waals surface area contributed by atoms with Gasteiger partial charge in [0.15, 0.2) is 0 Å². The number of amides is 1. The van der Waals surface area contributed by atoms with Crippen LogP contribution >= 0.6 is 11.6 Å². The summed E-state index contributed by atoms with van der Waals surface area (Å²) in [4.78, 5) is 22.8. The van der Waals surface area contributed by atoms with Gasteiger partial charge in [-0.3, -0.25) is 9.59 Å². The molecule has 2 rings (SSSR count).